The number of pyridine rings is 1. The van der Waals surface area contributed by atoms with E-state index < -0.39 is 0 Å². The van der Waals surface area contributed by atoms with Crippen molar-refractivity contribution >= 4 is 51.4 Å². The van der Waals surface area contributed by atoms with Gasteiger partial charge in [0.2, 0.25) is 10.9 Å². The van der Waals surface area contributed by atoms with Crippen molar-refractivity contribution in [3.63, 3.8) is 0 Å². The number of hydrogen-bond donors (Lipinski definition) is 1. The molecule has 0 atom stereocenters. The Bertz CT molecular complexity index is 711. The van der Waals surface area contributed by atoms with Crippen molar-refractivity contribution in [2.24, 2.45) is 0 Å². The molecule has 10 heteroatoms. The lowest BCUT2D eigenvalue weighted by Gasteiger charge is -2.02. The summed E-state index contributed by atoms with van der Waals surface area (Å²) in [6.45, 7) is 0. The van der Waals surface area contributed by atoms with Gasteiger partial charge in [0, 0.05) is 6.20 Å². The van der Waals surface area contributed by atoms with Crippen LogP contribution in [0.1, 0.15) is 0 Å². The molecule has 7 nitrogen and oxygen atoms in total. The summed E-state index contributed by atoms with van der Waals surface area (Å²) in [6, 6.07) is 3.31. The van der Waals surface area contributed by atoms with Gasteiger partial charge in [0.15, 0.2) is 4.34 Å². The van der Waals surface area contributed by atoms with E-state index in [1.807, 2.05) is 0 Å². The monoisotopic (exact) mass is 326 g/mol. The van der Waals surface area contributed by atoms with Crippen molar-refractivity contribution in [1.29, 1.82) is 0 Å². The Morgan fingerprint density at radius 3 is 3.15 bits per heavy atom. The number of aromatic nitrogens is 5. The summed E-state index contributed by atoms with van der Waals surface area (Å²) < 4.78 is 2.33. The summed E-state index contributed by atoms with van der Waals surface area (Å²) >= 11 is 8.43. The molecule has 3 aromatic rings. The highest BCUT2D eigenvalue weighted by molar-refractivity contribution is 8.01. The number of nitrogens with one attached hydrogen (secondary N) is 1. The van der Waals surface area contributed by atoms with E-state index >= 15 is 0 Å². The molecule has 0 radical (unpaired) electrons. The van der Waals surface area contributed by atoms with Crippen LogP contribution in [0.2, 0.25) is 5.02 Å². The van der Waals surface area contributed by atoms with Crippen LogP contribution < -0.4 is 5.32 Å². The van der Waals surface area contributed by atoms with Gasteiger partial charge < -0.3 is 5.32 Å². The second-order valence-corrected chi connectivity index (χ2v) is 6.24. The van der Waals surface area contributed by atoms with Crippen LogP contribution in [-0.4, -0.2) is 36.5 Å². The first-order chi connectivity index (χ1) is 9.70. The highest BCUT2D eigenvalue weighted by atomic mass is 35.5. The molecule has 0 aliphatic rings. The molecule has 0 saturated heterocycles. The molecular weight excluding hydrogens is 320 g/mol. The van der Waals surface area contributed by atoms with Crippen molar-refractivity contribution in [2.45, 2.75) is 4.34 Å². The van der Waals surface area contributed by atoms with Crippen molar-refractivity contribution in [3.05, 3.63) is 29.7 Å². The van der Waals surface area contributed by atoms with E-state index in [9.17, 15) is 4.79 Å². The third-order valence-electron chi connectivity index (χ3n) is 2.19. The molecule has 20 heavy (non-hydrogen) atoms. The van der Waals surface area contributed by atoms with Gasteiger partial charge in [-0.2, -0.15) is 4.52 Å². The van der Waals surface area contributed by atoms with E-state index in [4.69, 9.17) is 11.6 Å². The summed E-state index contributed by atoms with van der Waals surface area (Å²) in [6.07, 6.45) is 3.00. The average molecular weight is 327 g/mol. The van der Waals surface area contributed by atoms with E-state index in [2.05, 4.69) is 25.6 Å². The predicted octanol–water partition coefficient (Wildman–Crippen LogP) is 1.96. The number of fused-ring (bicyclic) bond motifs is 1. The van der Waals surface area contributed by atoms with Crippen molar-refractivity contribution in [1.82, 2.24) is 24.8 Å². The molecule has 0 unspecified atom stereocenters. The van der Waals surface area contributed by atoms with Crippen molar-refractivity contribution in [2.75, 3.05) is 11.1 Å². The van der Waals surface area contributed by atoms with Gasteiger partial charge >= 0.3 is 0 Å². The summed E-state index contributed by atoms with van der Waals surface area (Å²) in [4.78, 5) is 16.5. The molecule has 1 N–H and O–H groups in total. The molecule has 3 aromatic heterocycles. The zero-order valence-electron chi connectivity index (χ0n) is 9.86. The average Bonchev–Trinajstić information content (AvgIpc) is 3.00. The van der Waals surface area contributed by atoms with Gasteiger partial charge in [-0.1, -0.05) is 34.7 Å². The lowest BCUT2D eigenvalue weighted by atomic mass is 10.4. The van der Waals surface area contributed by atoms with Gasteiger partial charge in [0.25, 0.3) is 0 Å². The Hall–Kier alpha value is -1.71. The fraction of sp³-hybridized carbons (Fsp3) is 0.100. The van der Waals surface area contributed by atoms with Crippen LogP contribution in [0, 0.1) is 0 Å². The normalized spacial score (nSPS) is 10.8. The molecule has 0 aliphatic carbocycles. The second kappa shape index (κ2) is 5.73. The van der Waals surface area contributed by atoms with Crippen molar-refractivity contribution < 1.29 is 4.79 Å². The number of carbonyl (C=O) groups excluding carboxylic acids is 1. The minimum Gasteiger partial charge on any atom is -0.310 e. The van der Waals surface area contributed by atoms with E-state index in [0.717, 1.165) is 4.34 Å². The maximum absolute atomic E-state index is 11.8. The number of carbonyl (C=O) groups is 1. The van der Waals surface area contributed by atoms with Gasteiger partial charge in [-0.3, -0.25) is 4.79 Å². The van der Waals surface area contributed by atoms with Gasteiger partial charge in [0.05, 0.1) is 10.8 Å². The van der Waals surface area contributed by atoms with Crippen LogP contribution in [-0.2, 0) is 4.79 Å². The van der Waals surface area contributed by atoms with Gasteiger partial charge in [-0.15, -0.1) is 15.3 Å². The van der Waals surface area contributed by atoms with Crippen LogP contribution >= 0.6 is 34.7 Å². The minimum atomic E-state index is -0.157. The molecule has 0 spiro atoms. The molecule has 0 aromatic carbocycles. The van der Waals surface area contributed by atoms with Crippen LogP contribution in [0.15, 0.2) is 29.0 Å². The lowest BCUT2D eigenvalue weighted by molar-refractivity contribution is -0.113. The summed E-state index contributed by atoms with van der Waals surface area (Å²) in [7, 11) is 0. The van der Waals surface area contributed by atoms with Gasteiger partial charge in [-0.25, -0.2) is 4.98 Å². The Balaban J connectivity index is 1.56. The number of nitrogens with zero attached hydrogens (tertiary/aromatic N) is 5. The summed E-state index contributed by atoms with van der Waals surface area (Å²) in [5.74, 6) is 0.558. The largest absolute Gasteiger partial charge is 0.310 e. The van der Waals surface area contributed by atoms with E-state index in [1.165, 1.54) is 35.6 Å². The van der Waals surface area contributed by atoms with Crippen molar-refractivity contribution in [3.8, 4) is 0 Å². The Morgan fingerprint density at radius 2 is 2.40 bits per heavy atom. The van der Waals surface area contributed by atoms with Crippen LogP contribution in [0.4, 0.5) is 5.82 Å². The quantitative estimate of drug-likeness (QED) is 0.738. The standard InChI is InChI=1S/C10H7ClN6OS2/c11-6-1-2-7(12-3-6)14-8(18)4-19-10-16-17-5-13-15-9(17)20-10/h1-3,5H,4H2,(H,12,14,18). The molecule has 0 aliphatic heterocycles. The fourth-order valence-corrected chi connectivity index (χ4v) is 3.13. The summed E-state index contributed by atoms with van der Waals surface area (Å²) in [5, 5.41) is 15.0. The maximum Gasteiger partial charge on any atom is 0.235 e. The maximum atomic E-state index is 11.8. The Kier molecular flexibility index (Phi) is 3.81. The second-order valence-electron chi connectivity index (χ2n) is 3.62. The number of thioether (sulfide) groups is 1. The summed E-state index contributed by atoms with van der Waals surface area (Å²) in [5.41, 5.74) is 0. The van der Waals surface area contributed by atoms with Crippen LogP contribution in [0.5, 0.6) is 0 Å². The first-order valence-electron chi connectivity index (χ1n) is 5.42. The number of anilines is 1. The van der Waals surface area contributed by atoms with E-state index in [0.29, 0.717) is 15.8 Å². The SMILES string of the molecule is O=C(CSc1nn2cnnc2s1)Nc1ccc(Cl)cn1. The Labute approximate surface area is 126 Å². The van der Waals surface area contributed by atoms with Crippen LogP contribution in [0.25, 0.3) is 4.96 Å². The molecule has 1 amide bonds. The molecule has 3 rings (SSSR count). The zero-order valence-corrected chi connectivity index (χ0v) is 12.2. The highest BCUT2D eigenvalue weighted by Crippen LogP contribution is 2.23. The third kappa shape index (κ3) is 3.06. The first kappa shape index (κ1) is 13.3. The van der Waals surface area contributed by atoms with Gasteiger partial charge in [-0.05, 0) is 12.1 Å². The zero-order chi connectivity index (χ0) is 13.9. The number of amides is 1. The van der Waals surface area contributed by atoms with Gasteiger partial charge in [0.1, 0.15) is 12.1 Å². The van der Waals surface area contributed by atoms with E-state index in [1.54, 1.807) is 16.6 Å². The predicted molar refractivity (Wildman–Crippen MR) is 77.3 cm³/mol. The number of hydrogen-bond acceptors (Lipinski definition) is 7. The molecule has 0 saturated carbocycles. The van der Waals surface area contributed by atoms with Crippen LogP contribution in [0.3, 0.4) is 0 Å². The Morgan fingerprint density at radius 1 is 1.50 bits per heavy atom. The third-order valence-corrected chi connectivity index (χ3v) is 4.46. The molecular formula is C10H7ClN6OS2. The smallest absolute Gasteiger partial charge is 0.235 e. The molecule has 0 fully saturated rings. The van der Waals surface area contributed by atoms with E-state index in [-0.39, 0.29) is 11.7 Å². The topological polar surface area (TPSA) is 85.1 Å². The number of halogens is 1. The highest BCUT2D eigenvalue weighted by Gasteiger charge is 2.09. The molecule has 3 heterocycles. The minimum absolute atomic E-state index is 0.157. The lowest BCUT2D eigenvalue weighted by Crippen LogP contribution is -2.14. The molecule has 0 bridgehead atoms. The molecule has 102 valence electrons. The number of rotatable bonds is 4. The fourth-order valence-electron chi connectivity index (χ4n) is 1.36. The first-order valence-corrected chi connectivity index (χ1v) is 7.60.